The van der Waals surface area contributed by atoms with Gasteiger partial charge in [0.15, 0.2) is 0 Å². The SMILES string of the molecule is CC/C=C\CC/C=C/CN(Cc1ccccc1)Cc1ccccc1. The minimum Gasteiger partial charge on any atom is -0.291 e. The lowest BCUT2D eigenvalue weighted by Crippen LogP contribution is -2.22. The maximum atomic E-state index is 2.49. The number of rotatable bonds is 10. The molecule has 0 atom stereocenters. The molecular formula is C23H29N. The van der Waals surface area contributed by atoms with E-state index in [9.17, 15) is 0 Å². The Bertz CT molecular complexity index is 557. The average molecular weight is 319 g/mol. The summed E-state index contributed by atoms with van der Waals surface area (Å²) in [7, 11) is 0. The summed E-state index contributed by atoms with van der Waals surface area (Å²) in [4.78, 5) is 2.49. The van der Waals surface area contributed by atoms with E-state index in [1.165, 1.54) is 11.1 Å². The quantitative estimate of drug-likeness (QED) is 0.384. The molecule has 126 valence electrons. The van der Waals surface area contributed by atoms with Gasteiger partial charge in [-0.3, -0.25) is 4.90 Å². The standard InChI is InChI=1S/C23H29N/c1-2-3-4-5-6-7-14-19-24(20-22-15-10-8-11-16-22)21-23-17-12-9-13-18-23/h3-4,7-18H,2,5-6,19-21H2,1H3/b4-3-,14-7+. The molecule has 1 nitrogen and oxygen atoms in total. The highest BCUT2D eigenvalue weighted by molar-refractivity contribution is 5.17. The van der Waals surface area contributed by atoms with Crippen molar-refractivity contribution < 1.29 is 0 Å². The van der Waals surface area contributed by atoms with Crippen molar-refractivity contribution in [1.29, 1.82) is 0 Å². The first kappa shape index (κ1) is 18.2. The topological polar surface area (TPSA) is 3.24 Å². The van der Waals surface area contributed by atoms with E-state index in [-0.39, 0.29) is 0 Å². The van der Waals surface area contributed by atoms with Crippen LogP contribution in [-0.2, 0) is 13.1 Å². The first-order valence-corrected chi connectivity index (χ1v) is 8.98. The molecule has 0 aliphatic heterocycles. The molecule has 0 aromatic heterocycles. The van der Waals surface area contributed by atoms with Crippen LogP contribution >= 0.6 is 0 Å². The fraction of sp³-hybridized carbons (Fsp3) is 0.304. The smallest absolute Gasteiger partial charge is 0.0240 e. The van der Waals surface area contributed by atoms with E-state index >= 15 is 0 Å². The number of allylic oxidation sites excluding steroid dienone is 3. The number of benzene rings is 2. The molecule has 0 aliphatic carbocycles. The molecule has 0 radical (unpaired) electrons. The zero-order valence-corrected chi connectivity index (χ0v) is 14.8. The van der Waals surface area contributed by atoms with Crippen LogP contribution in [0.1, 0.15) is 37.3 Å². The predicted molar refractivity (Wildman–Crippen MR) is 105 cm³/mol. The lowest BCUT2D eigenvalue weighted by atomic mass is 10.1. The van der Waals surface area contributed by atoms with Gasteiger partial charge in [0.25, 0.3) is 0 Å². The lowest BCUT2D eigenvalue weighted by Gasteiger charge is -2.21. The minimum atomic E-state index is 0.982. The van der Waals surface area contributed by atoms with Crippen LogP contribution in [0, 0.1) is 0 Å². The normalized spacial score (nSPS) is 11.8. The fourth-order valence-corrected chi connectivity index (χ4v) is 2.69. The molecule has 0 heterocycles. The zero-order chi connectivity index (χ0) is 16.9. The van der Waals surface area contributed by atoms with Crippen LogP contribution in [0.15, 0.2) is 85.0 Å². The molecule has 2 rings (SSSR count). The highest BCUT2D eigenvalue weighted by Crippen LogP contribution is 2.10. The highest BCUT2D eigenvalue weighted by Gasteiger charge is 2.05. The van der Waals surface area contributed by atoms with Crippen LogP contribution < -0.4 is 0 Å². The first-order chi connectivity index (χ1) is 11.9. The van der Waals surface area contributed by atoms with Crippen molar-refractivity contribution in [3.63, 3.8) is 0 Å². The van der Waals surface area contributed by atoms with Gasteiger partial charge in [0, 0.05) is 19.6 Å². The van der Waals surface area contributed by atoms with Crippen LogP contribution in [-0.4, -0.2) is 11.4 Å². The maximum Gasteiger partial charge on any atom is 0.0240 e. The molecule has 0 bridgehead atoms. The first-order valence-electron chi connectivity index (χ1n) is 8.98. The molecule has 24 heavy (non-hydrogen) atoms. The third kappa shape index (κ3) is 7.43. The van der Waals surface area contributed by atoms with Crippen molar-refractivity contribution in [3.8, 4) is 0 Å². The summed E-state index contributed by atoms with van der Waals surface area (Å²) < 4.78 is 0. The van der Waals surface area contributed by atoms with Crippen LogP contribution in [0.25, 0.3) is 0 Å². The van der Waals surface area contributed by atoms with Crippen LogP contribution in [0.2, 0.25) is 0 Å². The summed E-state index contributed by atoms with van der Waals surface area (Å²) in [5, 5.41) is 0. The predicted octanol–water partition coefficient (Wildman–Crippen LogP) is 5.99. The molecule has 0 fully saturated rings. The van der Waals surface area contributed by atoms with Gasteiger partial charge in [0.05, 0.1) is 0 Å². The molecule has 0 spiro atoms. The second kappa shape index (κ2) is 11.4. The van der Waals surface area contributed by atoms with Crippen molar-refractivity contribution in [2.75, 3.05) is 6.54 Å². The van der Waals surface area contributed by atoms with Crippen molar-refractivity contribution in [2.24, 2.45) is 0 Å². The number of unbranched alkanes of at least 4 members (excludes halogenated alkanes) is 1. The van der Waals surface area contributed by atoms with E-state index in [4.69, 9.17) is 0 Å². The molecular weight excluding hydrogens is 290 g/mol. The van der Waals surface area contributed by atoms with Crippen molar-refractivity contribution in [3.05, 3.63) is 96.1 Å². The Labute approximate surface area is 147 Å². The van der Waals surface area contributed by atoms with Crippen LogP contribution in [0.4, 0.5) is 0 Å². The van der Waals surface area contributed by atoms with Gasteiger partial charge in [-0.15, -0.1) is 0 Å². The number of hydrogen-bond donors (Lipinski definition) is 0. The van der Waals surface area contributed by atoms with Gasteiger partial charge in [-0.25, -0.2) is 0 Å². The van der Waals surface area contributed by atoms with E-state index in [1.54, 1.807) is 0 Å². The van der Waals surface area contributed by atoms with E-state index < -0.39 is 0 Å². The largest absolute Gasteiger partial charge is 0.291 e. The van der Waals surface area contributed by atoms with Gasteiger partial charge >= 0.3 is 0 Å². The molecule has 0 saturated heterocycles. The van der Waals surface area contributed by atoms with Crippen LogP contribution in [0.3, 0.4) is 0 Å². The summed E-state index contributed by atoms with van der Waals surface area (Å²) in [6, 6.07) is 21.4. The van der Waals surface area contributed by atoms with Crippen LogP contribution in [0.5, 0.6) is 0 Å². The lowest BCUT2D eigenvalue weighted by molar-refractivity contribution is 0.286. The second-order valence-corrected chi connectivity index (χ2v) is 6.07. The van der Waals surface area contributed by atoms with Gasteiger partial charge in [0.2, 0.25) is 0 Å². The van der Waals surface area contributed by atoms with Gasteiger partial charge in [-0.1, -0.05) is 91.9 Å². The molecule has 0 amide bonds. The van der Waals surface area contributed by atoms with Gasteiger partial charge in [-0.2, -0.15) is 0 Å². The molecule has 0 N–H and O–H groups in total. The van der Waals surface area contributed by atoms with E-state index in [2.05, 4.69) is 96.8 Å². The van der Waals surface area contributed by atoms with Gasteiger partial charge in [0.1, 0.15) is 0 Å². The molecule has 0 unspecified atom stereocenters. The van der Waals surface area contributed by atoms with E-state index in [1.807, 2.05) is 0 Å². The average Bonchev–Trinajstić information content (AvgIpc) is 2.62. The molecule has 0 aliphatic rings. The Kier molecular flexibility index (Phi) is 8.67. The molecule has 2 aromatic carbocycles. The molecule has 2 aromatic rings. The fourth-order valence-electron chi connectivity index (χ4n) is 2.69. The van der Waals surface area contributed by atoms with Crippen molar-refractivity contribution in [1.82, 2.24) is 4.90 Å². The third-order valence-corrected chi connectivity index (χ3v) is 3.93. The Morgan fingerprint density at radius 1 is 0.667 bits per heavy atom. The number of hydrogen-bond acceptors (Lipinski definition) is 1. The maximum absolute atomic E-state index is 2.49. The van der Waals surface area contributed by atoms with Gasteiger partial charge < -0.3 is 0 Å². The van der Waals surface area contributed by atoms with Crippen molar-refractivity contribution in [2.45, 2.75) is 39.3 Å². The van der Waals surface area contributed by atoms with Crippen molar-refractivity contribution >= 4 is 0 Å². The Hall–Kier alpha value is -2.12. The minimum absolute atomic E-state index is 0.982. The Morgan fingerprint density at radius 3 is 1.67 bits per heavy atom. The molecule has 1 heteroatoms. The summed E-state index contributed by atoms with van der Waals surface area (Å²) in [5.41, 5.74) is 2.74. The number of nitrogens with zero attached hydrogens (tertiary/aromatic N) is 1. The van der Waals surface area contributed by atoms with Gasteiger partial charge in [-0.05, 0) is 30.4 Å². The summed E-state index contributed by atoms with van der Waals surface area (Å²) in [6.07, 6.45) is 12.5. The second-order valence-electron chi connectivity index (χ2n) is 6.07. The van der Waals surface area contributed by atoms with E-state index in [0.717, 1.165) is 38.9 Å². The third-order valence-electron chi connectivity index (χ3n) is 3.93. The highest BCUT2D eigenvalue weighted by atomic mass is 15.1. The Balaban J connectivity index is 1.89. The van der Waals surface area contributed by atoms with E-state index in [0.29, 0.717) is 0 Å². The summed E-state index contributed by atoms with van der Waals surface area (Å²) in [5.74, 6) is 0. The monoisotopic (exact) mass is 319 g/mol. The summed E-state index contributed by atoms with van der Waals surface area (Å²) >= 11 is 0. The molecule has 0 saturated carbocycles. The summed E-state index contributed by atoms with van der Waals surface area (Å²) in [6.45, 7) is 5.13. The zero-order valence-electron chi connectivity index (χ0n) is 14.8. The Morgan fingerprint density at radius 2 is 1.17 bits per heavy atom.